The first-order chi connectivity index (χ1) is 9.36. The molecule has 0 unspecified atom stereocenters. The molecule has 0 atom stereocenters. The van der Waals surface area contributed by atoms with E-state index in [1.807, 2.05) is 33.9 Å². The molecule has 5 nitrogen and oxygen atoms in total. The normalized spacial score (nSPS) is 26.6. The molecule has 0 aromatic carbocycles. The summed E-state index contributed by atoms with van der Waals surface area (Å²) in [7, 11) is -0.482. The maximum absolute atomic E-state index is 7.58. The van der Waals surface area contributed by atoms with Crippen molar-refractivity contribution in [3.05, 3.63) is 11.7 Å². The SMILES string of the molecule is CC1(C)OB(/C(C=N)=C/NC2CCOCC2)OC1(C)C. The summed E-state index contributed by atoms with van der Waals surface area (Å²) in [6.45, 7) is 9.64. The summed E-state index contributed by atoms with van der Waals surface area (Å²) in [6, 6.07) is 0.404. The molecule has 112 valence electrons. The van der Waals surface area contributed by atoms with Crippen LogP contribution in [0.4, 0.5) is 0 Å². The lowest BCUT2D eigenvalue weighted by atomic mass is 9.79. The number of rotatable bonds is 4. The van der Waals surface area contributed by atoms with Crippen LogP contribution in [0.15, 0.2) is 11.7 Å². The fraction of sp³-hybridized carbons (Fsp3) is 0.786. The molecule has 6 heteroatoms. The quantitative estimate of drug-likeness (QED) is 0.610. The van der Waals surface area contributed by atoms with Gasteiger partial charge in [-0.15, -0.1) is 0 Å². The second kappa shape index (κ2) is 5.88. The van der Waals surface area contributed by atoms with E-state index in [2.05, 4.69) is 5.32 Å². The standard InChI is InChI=1S/C14H25BN2O3/c1-13(2)14(3,4)20-15(19-13)11(9-16)10-17-12-5-7-18-8-6-12/h9-10,12,16-17H,5-8H2,1-4H3/b11-10+,16-9?. The van der Waals surface area contributed by atoms with Crippen molar-refractivity contribution < 1.29 is 14.0 Å². The van der Waals surface area contributed by atoms with Crippen molar-refractivity contribution in [3.63, 3.8) is 0 Å². The Morgan fingerprint density at radius 1 is 1.15 bits per heavy atom. The van der Waals surface area contributed by atoms with Crippen molar-refractivity contribution >= 4 is 13.3 Å². The van der Waals surface area contributed by atoms with Crippen LogP contribution < -0.4 is 5.32 Å². The van der Waals surface area contributed by atoms with Gasteiger partial charge < -0.3 is 24.8 Å². The van der Waals surface area contributed by atoms with E-state index in [0.29, 0.717) is 6.04 Å². The molecule has 0 aliphatic carbocycles. The molecule has 0 spiro atoms. The molecular formula is C14H25BN2O3. The first-order valence-electron chi connectivity index (χ1n) is 7.26. The average Bonchev–Trinajstić information content (AvgIpc) is 2.60. The van der Waals surface area contributed by atoms with Crippen molar-refractivity contribution in [2.45, 2.75) is 57.8 Å². The number of nitrogens with one attached hydrogen (secondary N) is 2. The monoisotopic (exact) mass is 280 g/mol. The molecule has 20 heavy (non-hydrogen) atoms. The van der Waals surface area contributed by atoms with E-state index in [1.165, 1.54) is 6.21 Å². The third kappa shape index (κ3) is 3.24. The van der Waals surface area contributed by atoms with Crippen LogP contribution in [-0.4, -0.2) is 43.8 Å². The Morgan fingerprint density at radius 3 is 2.20 bits per heavy atom. The fourth-order valence-corrected chi connectivity index (χ4v) is 2.24. The van der Waals surface area contributed by atoms with E-state index >= 15 is 0 Å². The maximum atomic E-state index is 7.58. The van der Waals surface area contributed by atoms with Gasteiger partial charge in [0.25, 0.3) is 0 Å². The van der Waals surface area contributed by atoms with Gasteiger partial charge in [-0.05, 0) is 46.7 Å². The average molecular weight is 280 g/mol. The highest BCUT2D eigenvalue weighted by atomic mass is 16.7. The minimum absolute atomic E-state index is 0.377. The molecule has 0 aromatic rings. The Morgan fingerprint density at radius 2 is 1.70 bits per heavy atom. The van der Waals surface area contributed by atoms with E-state index in [-0.39, 0.29) is 11.2 Å². The molecule has 2 fully saturated rings. The highest BCUT2D eigenvalue weighted by molar-refractivity contribution is 6.60. The number of hydrogen-bond donors (Lipinski definition) is 2. The van der Waals surface area contributed by atoms with Crippen molar-refractivity contribution in [2.75, 3.05) is 13.2 Å². The van der Waals surface area contributed by atoms with Crippen LogP contribution in [0.2, 0.25) is 0 Å². The highest BCUT2D eigenvalue weighted by Gasteiger charge is 2.52. The van der Waals surface area contributed by atoms with Gasteiger partial charge in [0.2, 0.25) is 0 Å². The van der Waals surface area contributed by atoms with Gasteiger partial charge in [-0.2, -0.15) is 0 Å². The molecule has 0 saturated carbocycles. The van der Waals surface area contributed by atoms with Crippen LogP contribution in [0.25, 0.3) is 0 Å². The van der Waals surface area contributed by atoms with Gasteiger partial charge in [-0.25, -0.2) is 0 Å². The molecule has 2 saturated heterocycles. The molecule has 0 aromatic heterocycles. The van der Waals surface area contributed by atoms with Crippen LogP contribution in [-0.2, 0) is 14.0 Å². The van der Waals surface area contributed by atoms with Gasteiger partial charge in [0.1, 0.15) is 0 Å². The lowest BCUT2D eigenvalue weighted by Crippen LogP contribution is -2.41. The summed E-state index contributed by atoms with van der Waals surface area (Å²) in [5.41, 5.74) is -0.0354. The zero-order valence-electron chi connectivity index (χ0n) is 12.9. The predicted octanol–water partition coefficient (Wildman–Crippen LogP) is 1.92. The maximum Gasteiger partial charge on any atom is 0.497 e. The zero-order valence-corrected chi connectivity index (χ0v) is 12.9. The van der Waals surface area contributed by atoms with Crippen LogP contribution in [0, 0.1) is 5.41 Å². The van der Waals surface area contributed by atoms with Crippen molar-refractivity contribution in [1.82, 2.24) is 5.32 Å². The van der Waals surface area contributed by atoms with E-state index < -0.39 is 7.12 Å². The summed E-state index contributed by atoms with van der Waals surface area (Å²) in [4.78, 5) is 0. The predicted molar refractivity (Wildman–Crippen MR) is 79.9 cm³/mol. The lowest BCUT2D eigenvalue weighted by molar-refractivity contribution is 0.00578. The van der Waals surface area contributed by atoms with Crippen molar-refractivity contribution in [2.24, 2.45) is 0 Å². The smallest absolute Gasteiger partial charge is 0.399 e. The molecule has 2 rings (SSSR count). The lowest BCUT2D eigenvalue weighted by Gasteiger charge is -2.32. The van der Waals surface area contributed by atoms with Gasteiger partial charge in [-0.1, -0.05) is 0 Å². The Hall–Kier alpha value is -0.845. The largest absolute Gasteiger partial charge is 0.497 e. The fourth-order valence-electron chi connectivity index (χ4n) is 2.24. The minimum atomic E-state index is -0.482. The van der Waals surface area contributed by atoms with Crippen LogP contribution in [0.1, 0.15) is 40.5 Å². The molecule has 2 heterocycles. The highest BCUT2D eigenvalue weighted by Crippen LogP contribution is 2.38. The molecule has 2 N–H and O–H groups in total. The van der Waals surface area contributed by atoms with Crippen LogP contribution in [0.3, 0.4) is 0 Å². The zero-order chi connectivity index (χ0) is 14.8. The molecule has 0 bridgehead atoms. The second-order valence-electron chi connectivity index (χ2n) is 6.43. The molecule has 2 aliphatic rings. The number of allylic oxidation sites excluding steroid dienone is 1. The van der Waals surface area contributed by atoms with Crippen LogP contribution >= 0.6 is 0 Å². The Bertz CT molecular complexity index is 374. The number of hydrogen-bond acceptors (Lipinski definition) is 5. The van der Waals surface area contributed by atoms with Gasteiger partial charge >= 0.3 is 7.12 Å². The molecule has 2 aliphatic heterocycles. The Labute approximate surface area is 121 Å². The summed E-state index contributed by atoms with van der Waals surface area (Å²) in [5, 5.41) is 10.9. The van der Waals surface area contributed by atoms with E-state index in [4.69, 9.17) is 19.5 Å². The summed E-state index contributed by atoms with van der Waals surface area (Å²) >= 11 is 0. The van der Waals surface area contributed by atoms with Crippen molar-refractivity contribution in [3.8, 4) is 0 Å². The van der Waals surface area contributed by atoms with Gasteiger partial charge in [0.05, 0.1) is 11.2 Å². The minimum Gasteiger partial charge on any atom is -0.399 e. The van der Waals surface area contributed by atoms with Gasteiger partial charge in [0, 0.05) is 30.9 Å². The number of ether oxygens (including phenoxy) is 1. The van der Waals surface area contributed by atoms with E-state index in [1.54, 1.807) is 0 Å². The van der Waals surface area contributed by atoms with E-state index in [9.17, 15) is 0 Å². The first-order valence-corrected chi connectivity index (χ1v) is 7.26. The second-order valence-corrected chi connectivity index (χ2v) is 6.43. The van der Waals surface area contributed by atoms with Crippen molar-refractivity contribution in [1.29, 1.82) is 5.41 Å². The third-order valence-corrected chi connectivity index (χ3v) is 4.40. The summed E-state index contributed by atoms with van der Waals surface area (Å²) < 4.78 is 17.2. The molecular weight excluding hydrogens is 255 g/mol. The molecule has 0 radical (unpaired) electrons. The third-order valence-electron chi connectivity index (χ3n) is 4.40. The van der Waals surface area contributed by atoms with Gasteiger partial charge in [-0.3, -0.25) is 0 Å². The topological polar surface area (TPSA) is 63.6 Å². The molecule has 0 amide bonds. The van der Waals surface area contributed by atoms with Crippen LogP contribution in [0.5, 0.6) is 0 Å². The van der Waals surface area contributed by atoms with E-state index in [0.717, 1.165) is 31.5 Å². The first kappa shape index (κ1) is 15.5. The van der Waals surface area contributed by atoms with Gasteiger partial charge in [0.15, 0.2) is 0 Å². The summed E-state index contributed by atoms with van der Waals surface area (Å²) in [6.07, 6.45) is 5.13. The Kier molecular flexibility index (Phi) is 4.57. The summed E-state index contributed by atoms with van der Waals surface area (Å²) in [5.74, 6) is 0. The Balaban J connectivity index is 2.00.